The van der Waals surface area contributed by atoms with Crippen molar-refractivity contribution in [2.24, 2.45) is 23.2 Å². The Morgan fingerprint density at radius 2 is 1.54 bits per heavy atom. The molecule has 0 atom stereocenters. The second-order valence-corrected chi connectivity index (χ2v) is 10.6. The summed E-state index contributed by atoms with van der Waals surface area (Å²) in [4.78, 5) is 14.6. The number of carbonyl (C=O) groups excluding carboxylic acids is 1. The number of rotatable bonds is 7. The van der Waals surface area contributed by atoms with Crippen molar-refractivity contribution in [1.82, 2.24) is 0 Å². The van der Waals surface area contributed by atoms with Crippen LogP contribution >= 0.6 is 11.8 Å². The second-order valence-electron chi connectivity index (χ2n) is 9.41. The molecule has 1 aromatic heterocycles. The van der Waals surface area contributed by atoms with Crippen molar-refractivity contribution < 1.29 is 9.36 Å². The van der Waals surface area contributed by atoms with E-state index in [0.717, 1.165) is 29.9 Å². The second kappa shape index (κ2) is 7.67. The quantitative estimate of drug-likeness (QED) is 0.483. The summed E-state index contributed by atoms with van der Waals surface area (Å²) in [5, 5.41) is 0. The lowest BCUT2D eigenvalue weighted by molar-refractivity contribution is -0.685. The van der Waals surface area contributed by atoms with Gasteiger partial charge >= 0.3 is 0 Å². The SMILES string of the molecule is O=C(C[n+]1ccc(CCSc2ccccc2)cc1)C12CC3CC(CC(C3)C1)C2. The highest BCUT2D eigenvalue weighted by Gasteiger charge is 2.54. The van der Waals surface area contributed by atoms with Gasteiger partial charge in [-0.15, -0.1) is 11.8 Å². The first-order chi connectivity index (χ1) is 13.7. The van der Waals surface area contributed by atoms with E-state index in [0.29, 0.717) is 12.3 Å². The molecule has 4 saturated carbocycles. The number of thioether (sulfide) groups is 1. The molecule has 0 unspecified atom stereocenters. The van der Waals surface area contributed by atoms with Crippen LogP contribution in [0.5, 0.6) is 0 Å². The van der Waals surface area contributed by atoms with Gasteiger partial charge in [0.15, 0.2) is 12.4 Å². The highest BCUT2D eigenvalue weighted by Crippen LogP contribution is 2.60. The zero-order chi connectivity index (χ0) is 19.0. The van der Waals surface area contributed by atoms with E-state index in [9.17, 15) is 4.79 Å². The third kappa shape index (κ3) is 3.78. The molecule has 0 aliphatic heterocycles. The van der Waals surface area contributed by atoms with Gasteiger partial charge in [-0.3, -0.25) is 4.79 Å². The third-order valence-corrected chi connectivity index (χ3v) is 8.33. The predicted octanol–water partition coefficient (Wildman–Crippen LogP) is 5.09. The molecule has 28 heavy (non-hydrogen) atoms. The van der Waals surface area contributed by atoms with Gasteiger partial charge in [0.1, 0.15) is 0 Å². The summed E-state index contributed by atoms with van der Waals surface area (Å²) in [5.41, 5.74) is 1.37. The number of pyridine rings is 1. The molecule has 4 fully saturated rings. The number of ketones is 1. The highest BCUT2D eigenvalue weighted by atomic mass is 32.2. The Hall–Kier alpha value is -1.61. The molecule has 4 aliphatic rings. The fraction of sp³-hybridized carbons (Fsp3) is 0.520. The molecule has 1 heterocycles. The molecule has 4 aliphatic carbocycles. The summed E-state index contributed by atoms with van der Waals surface area (Å²) in [6.07, 6.45) is 13.0. The number of Topliss-reactive ketones (excluding diaryl/α,β-unsaturated/α-hetero) is 1. The Morgan fingerprint density at radius 1 is 0.929 bits per heavy atom. The maximum Gasteiger partial charge on any atom is 0.207 e. The van der Waals surface area contributed by atoms with Crippen LogP contribution in [0.3, 0.4) is 0 Å². The number of carbonyl (C=O) groups is 1. The molecule has 1 aromatic carbocycles. The van der Waals surface area contributed by atoms with Crippen LogP contribution in [0.2, 0.25) is 0 Å². The van der Waals surface area contributed by atoms with Gasteiger partial charge in [-0.1, -0.05) is 18.2 Å². The zero-order valence-electron chi connectivity index (χ0n) is 16.6. The lowest BCUT2D eigenvalue weighted by Gasteiger charge is -2.55. The molecule has 0 amide bonds. The van der Waals surface area contributed by atoms with Crippen molar-refractivity contribution in [3.63, 3.8) is 0 Å². The zero-order valence-corrected chi connectivity index (χ0v) is 17.4. The lowest BCUT2D eigenvalue weighted by Crippen LogP contribution is -2.53. The maximum absolute atomic E-state index is 13.3. The summed E-state index contributed by atoms with van der Waals surface area (Å²) >= 11 is 1.90. The van der Waals surface area contributed by atoms with Gasteiger partial charge in [0, 0.05) is 28.2 Å². The molecule has 3 heteroatoms. The number of hydrogen-bond donors (Lipinski definition) is 0. The first-order valence-corrected chi connectivity index (χ1v) is 11.9. The van der Waals surface area contributed by atoms with Crippen LogP contribution in [-0.2, 0) is 17.8 Å². The Labute approximate surface area is 172 Å². The van der Waals surface area contributed by atoms with Crippen molar-refractivity contribution >= 4 is 17.5 Å². The maximum atomic E-state index is 13.3. The van der Waals surface area contributed by atoms with Crippen LogP contribution in [0.1, 0.15) is 44.1 Å². The van der Waals surface area contributed by atoms with Crippen molar-refractivity contribution in [2.75, 3.05) is 5.75 Å². The number of benzene rings is 1. The summed E-state index contributed by atoms with van der Waals surface area (Å²) in [6, 6.07) is 15.0. The molecule has 4 bridgehead atoms. The average molecular weight is 393 g/mol. The average Bonchev–Trinajstić information content (AvgIpc) is 2.69. The van der Waals surface area contributed by atoms with E-state index < -0.39 is 0 Å². The summed E-state index contributed by atoms with van der Waals surface area (Å²) in [5.74, 6) is 4.10. The van der Waals surface area contributed by atoms with Gasteiger partial charge in [0.05, 0.1) is 0 Å². The van der Waals surface area contributed by atoms with Crippen LogP contribution in [0.15, 0.2) is 59.8 Å². The van der Waals surface area contributed by atoms with Crippen LogP contribution in [0.4, 0.5) is 0 Å². The van der Waals surface area contributed by atoms with E-state index in [2.05, 4.69) is 59.4 Å². The molecule has 2 aromatic rings. The van der Waals surface area contributed by atoms with E-state index >= 15 is 0 Å². The summed E-state index contributed by atoms with van der Waals surface area (Å²) < 4.78 is 2.11. The van der Waals surface area contributed by atoms with E-state index in [1.165, 1.54) is 49.0 Å². The van der Waals surface area contributed by atoms with E-state index in [4.69, 9.17) is 0 Å². The Balaban J connectivity index is 1.17. The minimum Gasteiger partial charge on any atom is -0.292 e. The highest BCUT2D eigenvalue weighted by molar-refractivity contribution is 7.99. The fourth-order valence-corrected chi connectivity index (χ4v) is 7.27. The summed E-state index contributed by atoms with van der Waals surface area (Å²) in [6.45, 7) is 0.561. The number of aromatic nitrogens is 1. The molecule has 2 nitrogen and oxygen atoms in total. The minimum atomic E-state index is 0.0206. The van der Waals surface area contributed by atoms with Crippen LogP contribution in [0, 0.1) is 23.2 Å². The third-order valence-electron chi connectivity index (χ3n) is 7.32. The van der Waals surface area contributed by atoms with Crippen LogP contribution in [0.25, 0.3) is 0 Å². The van der Waals surface area contributed by atoms with Crippen LogP contribution in [-0.4, -0.2) is 11.5 Å². The molecule has 6 rings (SSSR count). The van der Waals surface area contributed by atoms with Gasteiger partial charge in [0.25, 0.3) is 0 Å². The molecule has 0 saturated heterocycles. The standard InChI is InChI=1S/C25H30NOS/c27-24(25-15-20-12-21(16-25)14-22(13-20)17-25)18-26-9-6-19(7-10-26)8-11-28-23-4-2-1-3-5-23/h1-7,9-10,20-22H,8,11-18H2/q+1. The molecule has 0 spiro atoms. The molecular formula is C25H30NOS+. The van der Waals surface area contributed by atoms with E-state index in [-0.39, 0.29) is 5.41 Å². The van der Waals surface area contributed by atoms with Crippen molar-refractivity contribution in [3.05, 3.63) is 60.4 Å². The molecule has 146 valence electrons. The first-order valence-electron chi connectivity index (χ1n) is 10.9. The fourth-order valence-electron chi connectivity index (χ4n) is 6.35. The van der Waals surface area contributed by atoms with Crippen molar-refractivity contribution in [3.8, 4) is 0 Å². The van der Waals surface area contributed by atoms with Gasteiger partial charge in [-0.2, -0.15) is 4.57 Å². The Bertz CT molecular complexity index is 794. The predicted molar refractivity (Wildman–Crippen MR) is 113 cm³/mol. The van der Waals surface area contributed by atoms with Crippen LogP contribution < -0.4 is 4.57 Å². The van der Waals surface area contributed by atoms with Gasteiger partial charge in [-0.25, -0.2) is 0 Å². The summed E-state index contributed by atoms with van der Waals surface area (Å²) in [7, 11) is 0. The molecule has 0 radical (unpaired) electrons. The molecular weight excluding hydrogens is 362 g/mol. The Morgan fingerprint density at radius 3 is 2.14 bits per heavy atom. The monoisotopic (exact) mass is 392 g/mol. The van der Waals surface area contributed by atoms with Crippen molar-refractivity contribution in [1.29, 1.82) is 0 Å². The minimum absolute atomic E-state index is 0.0206. The van der Waals surface area contributed by atoms with Crippen molar-refractivity contribution in [2.45, 2.75) is 56.4 Å². The Kier molecular flexibility index (Phi) is 5.04. The topological polar surface area (TPSA) is 20.9 Å². The number of hydrogen-bond acceptors (Lipinski definition) is 2. The number of nitrogens with zero attached hydrogens (tertiary/aromatic N) is 1. The lowest BCUT2D eigenvalue weighted by atomic mass is 9.48. The largest absolute Gasteiger partial charge is 0.292 e. The van der Waals surface area contributed by atoms with Gasteiger partial charge in [-0.05, 0) is 80.4 Å². The van der Waals surface area contributed by atoms with Gasteiger partial charge in [0.2, 0.25) is 12.3 Å². The molecule has 0 N–H and O–H groups in total. The van der Waals surface area contributed by atoms with E-state index in [1.54, 1.807) is 0 Å². The smallest absolute Gasteiger partial charge is 0.207 e. The normalized spacial score (nSPS) is 30.5. The first kappa shape index (κ1) is 18.4. The van der Waals surface area contributed by atoms with E-state index in [1.807, 2.05) is 11.8 Å². The number of aryl methyl sites for hydroxylation is 1. The van der Waals surface area contributed by atoms with Gasteiger partial charge < -0.3 is 0 Å².